The van der Waals surface area contributed by atoms with E-state index in [0.717, 1.165) is 44.5 Å². The van der Waals surface area contributed by atoms with Gasteiger partial charge in [0.15, 0.2) is 5.76 Å². The summed E-state index contributed by atoms with van der Waals surface area (Å²) >= 11 is 0. The van der Waals surface area contributed by atoms with Crippen molar-refractivity contribution in [3.05, 3.63) is 23.7 Å². The highest BCUT2D eigenvalue weighted by molar-refractivity contribution is 5.91. The van der Waals surface area contributed by atoms with Gasteiger partial charge in [0.2, 0.25) is 0 Å². The van der Waals surface area contributed by atoms with Gasteiger partial charge in [-0.25, -0.2) is 0 Å². The second kappa shape index (κ2) is 9.07. The number of halogens is 1. The lowest BCUT2D eigenvalue weighted by molar-refractivity contribution is 0.00760. The predicted molar refractivity (Wildman–Crippen MR) is 83.9 cm³/mol. The summed E-state index contributed by atoms with van der Waals surface area (Å²) < 4.78 is 11.3. The Bertz CT molecular complexity index is 428. The molecule has 0 bridgehead atoms. The Hall–Kier alpha value is -1.04. The van der Waals surface area contributed by atoms with Gasteiger partial charge in [-0.3, -0.25) is 4.79 Å². The van der Waals surface area contributed by atoms with Crippen molar-refractivity contribution in [3.8, 4) is 0 Å². The van der Waals surface area contributed by atoms with Crippen molar-refractivity contribution < 1.29 is 13.9 Å². The second-order valence-electron chi connectivity index (χ2n) is 5.12. The van der Waals surface area contributed by atoms with Crippen LogP contribution in [0.1, 0.15) is 42.5 Å². The lowest BCUT2D eigenvalue weighted by Crippen LogP contribution is -2.40. The first kappa shape index (κ1) is 18.0. The number of carbonyl (C=O) groups excluding carboxylic acids is 1. The van der Waals surface area contributed by atoms with Crippen molar-refractivity contribution in [1.29, 1.82) is 0 Å². The molecule has 2 rings (SSSR count). The number of amides is 1. The van der Waals surface area contributed by atoms with Crippen LogP contribution in [0, 0.1) is 0 Å². The Labute approximate surface area is 132 Å². The van der Waals surface area contributed by atoms with E-state index in [4.69, 9.17) is 14.9 Å². The van der Waals surface area contributed by atoms with E-state index < -0.39 is 0 Å². The van der Waals surface area contributed by atoms with Gasteiger partial charge in [0.05, 0.1) is 6.10 Å². The van der Waals surface area contributed by atoms with E-state index in [1.807, 2.05) is 17.9 Å². The highest BCUT2D eigenvalue weighted by Crippen LogP contribution is 2.18. The number of hydrogen-bond acceptors (Lipinski definition) is 4. The third-order valence-electron chi connectivity index (χ3n) is 3.65. The molecule has 21 heavy (non-hydrogen) atoms. The molecule has 1 aromatic heterocycles. The van der Waals surface area contributed by atoms with Gasteiger partial charge in [0.25, 0.3) is 5.91 Å². The third-order valence-corrected chi connectivity index (χ3v) is 3.65. The minimum Gasteiger partial charge on any atom is -0.456 e. The van der Waals surface area contributed by atoms with Crippen LogP contribution in [0.4, 0.5) is 0 Å². The Morgan fingerprint density at radius 1 is 1.43 bits per heavy atom. The summed E-state index contributed by atoms with van der Waals surface area (Å²) in [5.41, 5.74) is 5.44. The number of aryl methyl sites for hydroxylation is 1. The lowest BCUT2D eigenvalue weighted by Gasteiger charge is -2.31. The topological polar surface area (TPSA) is 68.7 Å². The zero-order valence-electron chi connectivity index (χ0n) is 12.5. The Kier molecular flexibility index (Phi) is 7.78. The van der Waals surface area contributed by atoms with Gasteiger partial charge in [0, 0.05) is 26.1 Å². The number of ether oxygens (including phenoxy) is 1. The molecule has 2 heterocycles. The first-order valence-electron chi connectivity index (χ1n) is 7.44. The Morgan fingerprint density at radius 3 is 2.71 bits per heavy atom. The van der Waals surface area contributed by atoms with Gasteiger partial charge < -0.3 is 19.8 Å². The van der Waals surface area contributed by atoms with Crippen molar-refractivity contribution >= 4 is 18.3 Å². The monoisotopic (exact) mass is 316 g/mol. The number of likely N-dealkylation sites (tertiary alicyclic amines) is 1. The average molecular weight is 317 g/mol. The number of furan rings is 1. The number of nitrogens with zero attached hydrogens (tertiary/aromatic N) is 1. The minimum absolute atomic E-state index is 0. The first-order chi connectivity index (χ1) is 9.74. The fourth-order valence-corrected chi connectivity index (χ4v) is 2.40. The quantitative estimate of drug-likeness (QED) is 0.817. The summed E-state index contributed by atoms with van der Waals surface area (Å²) in [4.78, 5) is 14.1. The third kappa shape index (κ3) is 5.02. The van der Waals surface area contributed by atoms with E-state index in [9.17, 15) is 4.79 Å². The molecule has 1 aliphatic rings. The van der Waals surface area contributed by atoms with Crippen LogP contribution in [0.15, 0.2) is 16.5 Å². The largest absolute Gasteiger partial charge is 0.456 e. The van der Waals surface area contributed by atoms with Gasteiger partial charge >= 0.3 is 0 Å². The fourth-order valence-electron chi connectivity index (χ4n) is 2.40. The van der Waals surface area contributed by atoms with Crippen molar-refractivity contribution in [2.75, 3.05) is 26.2 Å². The molecule has 1 aliphatic heterocycles. The van der Waals surface area contributed by atoms with Crippen LogP contribution in [0.2, 0.25) is 0 Å². The summed E-state index contributed by atoms with van der Waals surface area (Å²) in [5.74, 6) is 1.29. The second-order valence-corrected chi connectivity index (χ2v) is 5.12. The van der Waals surface area contributed by atoms with Crippen LogP contribution in [-0.2, 0) is 11.2 Å². The van der Waals surface area contributed by atoms with E-state index >= 15 is 0 Å². The molecular weight excluding hydrogens is 292 g/mol. The molecule has 0 unspecified atom stereocenters. The number of piperidine rings is 1. The first-order valence-corrected chi connectivity index (χ1v) is 7.44. The SMILES string of the molecule is CCc1ccc(C(=O)N2CCC(OCCCN)CC2)o1.Cl. The van der Waals surface area contributed by atoms with Crippen LogP contribution < -0.4 is 5.73 Å². The van der Waals surface area contributed by atoms with Crippen LogP contribution in [-0.4, -0.2) is 43.2 Å². The summed E-state index contributed by atoms with van der Waals surface area (Å²) in [6.07, 6.45) is 3.73. The molecule has 0 atom stereocenters. The molecule has 5 nitrogen and oxygen atoms in total. The van der Waals surface area contributed by atoms with Crippen LogP contribution in [0.3, 0.4) is 0 Å². The fraction of sp³-hybridized carbons (Fsp3) is 0.667. The van der Waals surface area contributed by atoms with Crippen LogP contribution >= 0.6 is 12.4 Å². The van der Waals surface area contributed by atoms with E-state index in [2.05, 4.69) is 0 Å². The number of hydrogen-bond donors (Lipinski definition) is 1. The lowest BCUT2D eigenvalue weighted by atomic mass is 10.1. The maximum absolute atomic E-state index is 12.3. The van der Waals surface area contributed by atoms with Gasteiger partial charge in [-0.1, -0.05) is 6.92 Å². The maximum atomic E-state index is 12.3. The van der Waals surface area contributed by atoms with E-state index in [-0.39, 0.29) is 24.4 Å². The minimum atomic E-state index is -0.00916. The van der Waals surface area contributed by atoms with Crippen molar-refractivity contribution in [2.24, 2.45) is 5.73 Å². The van der Waals surface area contributed by atoms with Gasteiger partial charge in [-0.15, -0.1) is 12.4 Å². The summed E-state index contributed by atoms with van der Waals surface area (Å²) in [7, 11) is 0. The maximum Gasteiger partial charge on any atom is 0.289 e. The van der Waals surface area contributed by atoms with Gasteiger partial charge in [0.1, 0.15) is 5.76 Å². The van der Waals surface area contributed by atoms with Gasteiger partial charge in [-0.05, 0) is 37.9 Å². The van der Waals surface area contributed by atoms with E-state index in [1.54, 1.807) is 6.07 Å². The standard InChI is InChI=1S/C15H24N2O3.ClH/c1-2-12-4-5-14(20-12)15(18)17-9-6-13(7-10-17)19-11-3-8-16;/h4-5,13H,2-3,6-11,16H2,1H3;1H. The molecule has 120 valence electrons. The molecule has 0 saturated carbocycles. The summed E-state index contributed by atoms with van der Waals surface area (Å²) in [6, 6.07) is 3.64. The highest BCUT2D eigenvalue weighted by Gasteiger charge is 2.25. The zero-order chi connectivity index (χ0) is 14.4. The molecule has 1 saturated heterocycles. The van der Waals surface area contributed by atoms with Crippen molar-refractivity contribution in [1.82, 2.24) is 4.90 Å². The molecule has 1 fully saturated rings. The van der Waals surface area contributed by atoms with Crippen molar-refractivity contribution in [3.63, 3.8) is 0 Å². The molecule has 2 N–H and O–H groups in total. The smallest absolute Gasteiger partial charge is 0.289 e. The average Bonchev–Trinajstić information content (AvgIpc) is 2.96. The van der Waals surface area contributed by atoms with Crippen LogP contribution in [0.25, 0.3) is 0 Å². The summed E-state index contributed by atoms with van der Waals surface area (Å²) in [5, 5.41) is 0. The zero-order valence-corrected chi connectivity index (χ0v) is 13.4. The molecule has 1 amide bonds. The van der Waals surface area contributed by atoms with E-state index in [1.165, 1.54) is 0 Å². The molecule has 0 aromatic carbocycles. The van der Waals surface area contributed by atoms with Crippen LogP contribution in [0.5, 0.6) is 0 Å². The molecule has 6 heteroatoms. The molecule has 1 aromatic rings. The Morgan fingerprint density at radius 2 is 2.14 bits per heavy atom. The molecular formula is C15H25ClN2O3. The van der Waals surface area contributed by atoms with Gasteiger partial charge in [-0.2, -0.15) is 0 Å². The summed E-state index contributed by atoms with van der Waals surface area (Å²) in [6.45, 7) is 4.85. The normalized spacial score (nSPS) is 15.8. The number of carbonyl (C=O) groups is 1. The highest BCUT2D eigenvalue weighted by atomic mass is 35.5. The van der Waals surface area contributed by atoms with E-state index in [0.29, 0.717) is 18.9 Å². The number of nitrogens with two attached hydrogens (primary N) is 1. The molecule has 0 aliphatic carbocycles. The predicted octanol–water partition coefficient (Wildman–Crippen LogP) is 2.23. The number of rotatable bonds is 6. The van der Waals surface area contributed by atoms with Crippen molar-refractivity contribution in [2.45, 2.75) is 38.7 Å². The Balaban J connectivity index is 0.00000220. The molecule has 0 radical (unpaired) electrons. The molecule has 0 spiro atoms.